The van der Waals surface area contributed by atoms with Crippen molar-refractivity contribution in [1.29, 1.82) is 0 Å². The third kappa shape index (κ3) is 83.1. The van der Waals surface area contributed by atoms with Crippen LogP contribution in [0.1, 0.15) is 476 Å². The molecular formula is C87H168NO8P. The lowest BCUT2D eigenvalue weighted by atomic mass is 10.0. The predicted molar refractivity (Wildman–Crippen MR) is 423 cm³/mol. The van der Waals surface area contributed by atoms with E-state index < -0.39 is 26.5 Å². The molecule has 0 amide bonds. The Balaban J connectivity index is 3.70. The van der Waals surface area contributed by atoms with E-state index in [4.69, 9.17) is 24.3 Å². The van der Waals surface area contributed by atoms with E-state index in [0.717, 1.165) is 38.5 Å². The molecule has 0 saturated carbocycles. The molecule has 0 spiro atoms. The molecule has 2 atom stereocenters. The number of allylic oxidation sites excluding steroid dienone is 6. The zero-order valence-corrected chi connectivity index (χ0v) is 66.0. The molecule has 0 rings (SSSR count). The van der Waals surface area contributed by atoms with E-state index in [0.29, 0.717) is 6.42 Å². The number of unbranched alkanes of at least 4 members (excludes halogenated alkanes) is 65. The van der Waals surface area contributed by atoms with Crippen LogP contribution in [-0.4, -0.2) is 49.3 Å². The fourth-order valence-corrected chi connectivity index (χ4v) is 14.3. The quantitative estimate of drug-likeness (QED) is 0.0264. The first-order chi connectivity index (χ1) is 47.8. The summed E-state index contributed by atoms with van der Waals surface area (Å²) in [7, 11) is -4.39. The van der Waals surface area contributed by atoms with Gasteiger partial charge in [0.2, 0.25) is 0 Å². The van der Waals surface area contributed by atoms with Gasteiger partial charge in [-0.15, -0.1) is 0 Å². The predicted octanol–water partition coefficient (Wildman–Crippen LogP) is 29.3. The monoisotopic (exact) mass is 1390 g/mol. The number of hydrogen-bond donors (Lipinski definition) is 2. The summed E-state index contributed by atoms with van der Waals surface area (Å²) in [5.41, 5.74) is 5.42. The van der Waals surface area contributed by atoms with Crippen molar-refractivity contribution >= 4 is 19.8 Å². The van der Waals surface area contributed by atoms with Crippen molar-refractivity contribution < 1.29 is 37.6 Å². The molecule has 0 fully saturated rings. The fourth-order valence-electron chi connectivity index (χ4n) is 13.6. The van der Waals surface area contributed by atoms with Gasteiger partial charge in [0.15, 0.2) is 6.10 Å². The van der Waals surface area contributed by atoms with Crippen molar-refractivity contribution in [1.82, 2.24) is 0 Å². The Bertz CT molecular complexity index is 1690. The number of nitrogens with two attached hydrogens (primary N) is 1. The standard InChI is InChI=1S/C87H168NO8P/c1-3-5-7-9-11-13-15-17-19-21-23-25-27-29-31-33-35-37-39-40-41-42-43-44-46-48-50-52-54-56-58-60-62-64-66-68-70-72-74-76-78-80-87(90)96-85(84-95-97(91,92)94-82-81-88)83-93-86(89)79-77-75-73-71-69-67-65-63-61-59-57-55-53-51-49-47-45-38-36-34-32-30-28-26-24-22-20-18-16-14-12-10-8-6-4-2/h15,17,21-24,85H,3-14,16,18-20,25-84,88H2,1-2H3,(H,91,92)/b17-15-,23-21-,24-22-. The van der Waals surface area contributed by atoms with Crippen molar-refractivity contribution in [2.75, 3.05) is 26.4 Å². The van der Waals surface area contributed by atoms with Crippen LogP contribution in [0.5, 0.6) is 0 Å². The first-order valence-corrected chi connectivity index (χ1v) is 45.0. The molecule has 10 heteroatoms. The van der Waals surface area contributed by atoms with Gasteiger partial charge in [0, 0.05) is 19.4 Å². The highest BCUT2D eigenvalue weighted by molar-refractivity contribution is 7.47. The van der Waals surface area contributed by atoms with Gasteiger partial charge in [0.1, 0.15) is 6.61 Å². The molecule has 97 heavy (non-hydrogen) atoms. The Labute approximate surface area is 605 Å². The number of carbonyl (C=O) groups excluding carboxylic acids is 2. The van der Waals surface area contributed by atoms with E-state index >= 15 is 0 Å². The maximum Gasteiger partial charge on any atom is 0.472 e. The topological polar surface area (TPSA) is 134 Å². The van der Waals surface area contributed by atoms with Crippen molar-refractivity contribution in [3.8, 4) is 0 Å². The minimum atomic E-state index is -4.39. The number of phosphoric acid groups is 1. The SMILES string of the molecule is CCCCCCC/C=C\C/C=C\CCCCCCCCCCCCCCCCCCCCCCCCCCCCCCCC(=O)OC(COC(=O)CCCCCCCCCCCCCCCCCCCCCCCCC/C=C\CCCCCCCCCC)COP(=O)(O)OCCN. The number of hydrogen-bond acceptors (Lipinski definition) is 8. The number of ether oxygens (including phenoxy) is 2. The van der Waals surface area contributed by atoms with Gasteiger partial charge in [-0.3, -0.25) is 18.6 Å². The smallest absolute Gasteiger partial charge is 0.462 e. The normalized spacial score (nSPS) is 12.9. The van der Waals surface area contributed by atoms with Crippen LogP contribution in [0.3, 0.4) is 0 Å². The van der Waals surface area contributed by atoms with E-state index in [2.05, 4.69) is 50.3 Å². The molecule has 9 nitrogen and oxygen atoms in total. The summed E-state index contributed by atoms with van der Waals surface area (Å²) in [5.74, 6) is -0.797. The number of carbonyl (C=O) groups is 2. The summed E-state index contributed by atoms with van der Waals surface area (Å²) in [6, 6.07) is 0. The van der Waals surface area contributed by atoms with Crippen LogP contribution in [0, 0.1) is 0 Å². The summed E-state index contributed by atoms with van der Waals surface area (Å²) >= 11 is 0. The van der Waals surface area contributed by atoms with Crippen LogP contribution in [-0.2, 0) is 32.7 Å². The lowest BCUT2D eigenvalue weighted by molar-refractivity contribution is -0.161. The minimum Gasteiger partial charge on any atom is -0.462 e. The molecule has 0 radical (unpaired) electrons. The third-order valence-electron chi connectivity index (χ3n) is 20.0. The molecule has 0 aromatic rings. The van der Waals surface area contributed by atoms with Gasteiger partial charge in [0.25, 0.3) is 0 Å². The van der Waals surface area contributed by atoms with E-state index in [1.54, 1.807) is 0 Å². The van der Waals surface area contributed by atoms with Crippen molar-refractivity contribution in [2.45, 2.75) is 482 Å². The molecule has 0 aromatic heterocycles. The second kappa shape index (κ2) is 83.2. The van der Waals surface area contributed by atoms with E-state index in [9.17, 15) is 19.0 Å². The van der Waals surface area contributed by atoms with Crippen molar-refractivity contribution in [3.63, 3.8) is 0 Å². The Morgan fingerprint density at radius 2 is 0.536 bits per heavy atom. The van der Waals surface area contributed by atoms with Gasteiger partial charge in [-0.25, -0.2) is 4.57 Å². The highest BCUT2D eigenvalue weighted by Gasteiger charge is 2.26. The summed E-state index contributed by atoms with van der Waals surface area (Å²) in [6.45, 7) is 3.83. The van der Waals surface area contributed by atoms with Crippen LogP contribution in [0.15, 0.2) is 36.5 Å². The van der Waals surface area contributed by atoms with Gasteiger partial charge >= 0.3 is 19.8 Å². The fraction of sp³-hybridized carbons (Fsp3) is 0.908. The summed E-state index contributed by atoms with van der Waals surface area (Å²) in [5, 5.41) is 0. The highest BCUT2D eigenvalue weighted by atomic mass is 31.2. The van der Waals surface area contributed by atoms with Crippen LogP contribution < -0.4 is 5.73 Å². The maximum atomic E-state index is 12.8. The molecule has 3 N–H and O–H groups in total. The molecule has 0 aliphatic carbocycles. The van der Waals surface area contributed by atoms with E-state index in [1.165, 1.54) is 405 Å². The molecule has 0 heterocycles. The number of rotatable bonds is 84. The molecule has 0 bridgehead atoms. The molecule has 2 unspecified atom stereocenters. The average molecular weight is 1390 g/mol. The zero-order chi connectivity index (χ0) is 70.0. The summed E-state index contributed by atoms with van der Waals surface area (Å²) < 4.78 is 33.3. The van der Waals surface area contributed by atoms with Gasteiger partial charge in [-0.1, -0.05) is 429 Å². The lowest BCUT2D eigenvalue weighted by Gasteiger charge is -2.19. The first kappa shape index (κ1) is 95.2. The minimum absolute atomic E-state index is 0.0572. The Hall–Kier alpha value is -1.77. The number of esters is 2. The van der Waals surface area contributed by atoms with Crippen molar-refractivity contribution in [2.24, 2.45) is 5.73 Å². The lowest BCUT2D eigenvalue weighted by Crippen LogP contribution is -2.29. The second-order valence-electron chi connectivity index (χ2n) is 29.8. The van der Waals surface area contributed by atoms with Gasteiger partial charge in [-0.05, 0) is 70.6 Å². The Kier molecular flexibility index (Phi) is 81.7. The van der Waals surface area contributed by atoms with E-state index in [-0.39, 0.29) is 38.6 Å². The average Bonchev–Trinajstić information content (AvgIpc) is 2.57. The number of phosphoric ester groups is 1. The summed E-state index contributed by atoms with van der Waals surface area (Å²) in [6.07, 6.45) is 108. The Morgan fingerprint density at radius 3 is 0.794 bits per heavy atom. The van der Waals surface area contributed by atoms with Crippen LogP contribution >= 0.6 is 7.82 Å². The molecular weight excluding hydrogens is 1220 g/mol. The van der Waals surface area contributed by atoms with Crippen LogP contribution in [0.4, 0.5) is 0 Å². The molecule has 574 valence electrons. The molecule has 0 aliphatic rings. The van der Waals surface area contributed by atoms with Gasteiger partial charge in [-0.2, -0.15) is 0 Å². The van der Waals surface area contributed by atoms with Crippen LogP contribution in [0.2, 0.25) is 0 Å². The molecule has 0 aliphatic heterocycles. The maximum absolute atomic E-state index is 12.8. The zero-order valence-electron chi connectivity index (χ0n) is 65.1. The van der Waals surface area contributed by atoms with Gasteiger partial charge < -0.3 is 20.1 Å². The molecule has 0 aromatic carbocycles. The van der Waals surface area contributed by atoms with Crippen molar-refractivity contribution in [3.05, 3.63) is 36.5 Å². The van der Waals surface area contributed by atoms with E-state index in [1.807, 2.05) is 0 Å². The second-order valence-corrected chi connectivity index (χ2v) is 31.2. The van der Waals surface area contributed by atoms with Crippen LogP contribution in [0.25, 0.3) is 0 Å². The largest absolute Gasteiger partial charge is 0.472 e. The first-order valence-electron chi connectivity index (χ1n) is 43.5. The summed E-state index contributed by atoms with van der Waals surface area (Å²) in [4.78, 5) is 35.5. The molecule has 0 saturated heterocycles. The highest BCUT2D eigenvalue weighted by Crippen LogP contribution is 2.43. The van der Waals surface area contributed by atoms with Gasteiger partial charge in [0.05, 0.1) is 13.2 Å². The third-order valence-corrected chi connectivity index (χ3v) is 21.0. The Morgan fingerprint density at radius 1 is 0.309 bits per heavy atom.